The number of amides is 4. The number of aromatic amines is 4. The third-order valence-electron chi connectivity index (χ3n) is 20.8. The number of aromatic nitrogens is 8. The number of imidazole rings is 4. The van der Waals surface area contributed by atoms with E-state index in [1.165, 1.54) is 42.4 Å². The van der Waals surface area contributed by atoms with Gasteiger partial charge in [-0.25, -0.2) is 24.7 Å². The van der Waals surface area contributed by atoms with Gasteiger partial charge in [-0.1, -0.05) is 209 Å². The van der Waals surface area contributed by atoms with Crippen LogP contribution in [0.25, 0.3) is 67.3 Å². The van der Waals surface area contributed by atoms with Crippen LogP contribution in [0.1, 0.15) is 186 Å². The fourth-order valence-corrected chi connectivity index (χ4v) is 13.8. The number of hydrogen-bond acceptors (Lipinski definition) is 13. The number of likely N-dealkylation sites (tertiary alicyclic amines) is 3. The van der Waals surface area contributed by atoms with E-state index in [1.54, 1.807) is 0 Å². The number of ether oxygens (including phenoxy) is 1. The van der Waals surface area contributed by atoms with Crippen LogP contribution < -0.4 is 11.1 Å². The molecule has 6 atom stereocenters. The maximum absolute atomic E-state index is 13.1. The quantitative estimate of drug-likeness (QED) is 0.0276. The smallest absolute Gasteiger partial charge is 0.407 e. The van der Waals surface area contributed by atoms with E-state index in [-0.39, 0.29) is 93.7 Å². The molecule has 13 rings (SSSR count). The molecule has 0 bridgehead atoms. The van der Waals surface area contributed by atoms with Crippen molar-refractivity contribution in [2.24, 2.45) is 41.2 Å². The van der Waals surface area contributed by atoms with Crippen molar-refractivity contribution in [3.05, 3.63) is 188 Å². The summed E-state index contributed by atoms with van der Waals surface area (Å²) in [5.74, 6) is 5.98. The molecule has 4 aromatic heterocycles. The molecule has 7 heterocycles. The van der Waals surface area contributed by atoms with Gasteiger partial charge in [-0.3, -0.25) is 14.4 Å². The number of aliphatic hydroxyl groups excluding tert-OH is 1. The summed E-state index contributed by atoms with van der Waals surface area (Å²) in [7, 11) is 1.00. The van der Waals surface area contributed by atoms with Crippen LogP contribution in [0.4, 0.5) is 4.79 Å². The van der Waals surface area contributed by atoms with Crippen LogP contribution in [0.2, 0.25) is 0 Å². The summed E-state index contributed by atoms with van der Waals surface area (Å²) in [5.41, 5.74) is 20.1. The number of nitrogens with two attached hydrogens (primary N) is 1. The zero-order chi connectivity index (χ0) is 75.3. The molecular weight excluding hydrogens is 1440 g/mol. The average Bonchev–Trinajstić information content (AvgIpc) is 1.68. The molecule has 4 amide bonds. The Hall–Kier alpha value is -9.42. The number of benzene rings is 5. The number of carbonyl (C=O) groups excluding carboxylic acids is 6. The first kappa shape index (κ1) is 84.8. The molecular formula is C85H110N13O8Pd-. The third kappa shape index (κ3) is 22.1. The molecule has 1 aliphatic carbocycles. The van der Waals surface area contributed by atoms with Gasteiger partial charge in [-0.15, -0.1) is 0 Å². The zero-order valence-corrected chi connectivity index (χ0v) is 65.8. The van der Waals surface area contributed by atoms with Crippen molar-refractivity contribution >= 4 is 30.0 Å². The molecule has 1 saturated carbocycles. The van der Waals surface area contributed by atoms with E-state index in [0.717, 1.165) is 138 Å². The molecule has 0 radical (unpaired) electrons. The molecule has 4 aliphatic rings. The van der Waals surface area contributed by atoms with E-state index in [1.807, 2.05) is 111 Å². The molecule has 4 fully saturated rings. The Bertz CT molecular complexity index is 4110. The van der Waals surface area contributed by atoms with Gasteiger partial charge in [0.15, 0.2) is 0 Å². The molecule has 574 valence electrons. The van der Waals surface area contributed by atoms with E-state index in [4.69, 9.17) is 35.1 Å². The van der Waals surface area contributed by atoms with Crippen molar-refractivity contribution in [2.45, 2.75) is 170 Å². The SMILES string of the molecule is CC(C)CNC(=O)OCc1ccccc1.CC(C)[C@H](C)C(=O)N1CCC[C@H]1c1ncc(-c2ccc(-c3ccc(-c4cnc(C5CCCC5)[nH]4)cc3)cc2)[nH]1.CC(C)[C@H](C)C(=O)N1CCC[C@H]1c1ncc(-c2ccc(-c3ccc(-c4cnc([C@@H]5CCCN5C(=O)[C@@H](N)C(C)C)[nH]4)cc3)cc2)[nH]1.CO.O=C=O.[CH3-].[Pd]. The third-order valence-corrected chi connectivity index (χ3v) is 20.8. The zero-order valence-electron chi connectivity index (χ0n) is 64.2. The van der Waals surface area contributed by atoms with Crippen LogP contribution in [-0.2, 0) is 55.7 Å². The van der Waals surface area contributed by atoms with E-state index < -0.39 is 6.04 Å². The topological polar surface area (TPSA) is 294 Å². The molecule has 21 nitrogen and oxygen atoms in total. The number of carbonyl (C=O) groups is 4. The van der Waals surface area contributed by atoms with Crippen LogP contribution in [0.15, 0.2) is 152 Å². The summed E-state index contributed by atoms with van der Waals surface area (Å²) in [4.78, 5) is 105. The van der Waals surface area contributed by atoms with Gasteiger partial charge in [-0.05, 0) is 125 Å². The molecule has 3 aliphatic heterocycles. The number of alkyl carbamates (subject to hydrolysis) is 1. The van der Waals surface area contributed by atoms with Gasteiger partial charge in [-0.2, -0.15) is 9.59 Å². The minimum atomic E-state index is -0.494. The van der Waals surface area contributed by atoms with Crippen LogP contribution in [0.5, 0.6) is 0 Å². The van der Waals surface area contributed by atoms with Crippen LogP contribution >= 0.6 is 0 Å². The van der Waals surface area contributed by atoms with Crippen molar-refractivity contribution in [3.63, 3.8) is 0 Å². The summed E-state index contributed by atoms with van der Waals surface area (Å²) in [6.45, 7) is 23.8. The van der Waals surface area contributed by atoms with Crippen molar-refractivity contribution < 1.29 is 59.0 Å². The maximum Gasteiger partial charge on any atom is 0.407 e. The molecule has 9 aromatic rings. The number of rotatable bonds is 20. The van der Waals surface area contributed by atoms with Crippen LogP contribution in [-0.4, -0.2) is 129 Å². The molecule has 22 heteroatoms. The Morgan fingerprint density at radius 2 is 0.776 bits per heavy atom. The van der Waals surface area contributed by atoms with E-state index in [9.17, 15) is 19.2 Å². The standard InChI is InChI=1S/C37H47N7O2.C33H39N5O.C12H17NO2.CO2.CH4O.CH3.Pd/c1-22(2)24(5)36(45)43-18-6-8-31(43)34-39-20-29(41-34)27-14-10-25(11-15-27)26-12-16-28(17-13-26)30-21-40-35(42-30)32-9-7-19-44(32)37(46)33(38)23(3)4;1-21(2)22(3)33(39)38-18-6-9-30(38)32-35-20-29(37-32)26-16-12-24(13-17-26)23-10-14-25(15-11-23)28-19-34-31(36-28)27-7-4-5-8-27;1-10(2)8-13-12(14)15-9-11-6-4-3-5-7-11;2-1-3;1-2;;/h10-17,20-24,31-33H,6-9,18-19,38H2,1-5H3,(H,39,41)(H,40,42);10-17,19-22,27,30H,4-9,18H2,1-3H3,(H,34,36)(H,35,37);3-7,10H,8-9H2,1-2H3,(H,13,14);;2H,1H3;1H3;/q;;;;;-1;/t24-,31-,32-,33-;22-,30-;;;;;/m00...../s1. The Kier molecular flexibility index (Phi) is 32.6. The summed E-state index contributed by atoms with van der Waals surface area (Å²) < 4.78 is 5.03. The Balaban J connectivity index is 0.000000237. The molecule has 3 saturated heterocycles. The predicted octanol–water partition coefficient (Wildman–Crippen LogP) is 16.5. The molecule has 5 aromatic carbocycles. The Morgan fingerprint density at radius 3 is 1.09 bits per heavy atom. The second kappa shape index (κ2) is 41.1. The van der Waals surface area contributed by atoms with Crippen molar-refractivity contribution in [2.75, 3.05) is 33.3 Å². The average molecular weight is 1550 g/mol. The maximum atomic E-state index is 13.1. The first-order valence-corrected chi connectivity index (χ1v) is 37.4. The molecule has 8 N–H and O–H groups in total. The fraction of sp³-hybridized carbons (Fsp3) is 0.435. The molecule has 107 heavy (non-hydrogen) atoms. The second-order valence-corrected chi connectivity index (χ2v) is 29.3. The van der Waals surface area contributed by atoms with Crippen molar-refractivity contribution in [1.82, 2.24) is 59.9 Å². The predicted molar refractivity (Wildman–Crippen MR) is 416 cm³/mol. The monoisotopic (exact) mass is 1550 g/mol. The number of hydrogen-bond donors (Lipinski definition) is 7. The molecule has 0 unspecified atom stereocenters. The number of H-pyrrole nitrogens is 4. The van der Waals surface area contributed by atoms with Gasteiger partial charge >= 0.3 is 12.2 Å². The normalized spacial score (nSPS) is 16.9. The first-order chi connectivity index (χ1) is 50.7. The first-order valence-electron chi connectivity index (χ1n) is 37.4. The van der Waals surface area contributed by atoms with Gasteiger partial charge in [0.2, 0.25) is 17.7 Å². The summed E-state index contributed by atoms with van der Waals surface area (Å²) in [5, 5.41) is 9.69. The number of nitrogens with zero attached hydrogens (tertiary/aromatic N) is 7. The largest absolute Gasteiger partial charge is 0.445 e. The van der Waals surface area contributed by atoms with Crippen molar-refractivity contribution in [1.29, 1.82) is 0 Å². The van der Waals surface area contributed by atoms with Crippen LogP contribution in [0.3, 0.4) is 0 Å². The van der Waals surface area contributed by atoms with E-state index in [2.05, 4.69) is 160 Å². The Morgan fingerprint density at radius 1 is 0.467 bits per heavy atom. The Labute approximate surface area is 645 Å². The summed E-state index contributed by atoms with van der Waals surface area (Å²) >= 11 is 0. The second-order valence-electron chi connectivity index (χ2n) is 29.3. The minimum Gasteiger partial charge on any atom is -0.445 e. The number of aliphatic hydroxyl groups is 1. The molecule has 0 spiro atoms. The van der Waals surface area contributed by atoms with Crippen LogP contribution in [0, 0.1) is 42.9 Å². The van der Waals surface area contributed by atoms with E-state index >= 15 is 0 Å². The summed E-state index contributed by atoms with van der Waals surface area (Å²) in [6.07, 6.45) is 18.4. The minimum absolute atomic E-state index is 0. The van der Waals surface area contributed by atoms with Gasteiger partial charge in [0.05, 0.1) is 71.7 Å². The van der Waals surface area contributed by atoms with E-state index in [0.29, 0.717) is 43.4 Å². The fourth-order valence-electron chi connectivity index (χ4n) is 13.8. The summed E-state index contributed by atoms with van der Waals surface area (Å²) in [6, 6.07) is 43.3. The van der Waals surface area contributed by atoms with Gasteiger partial charge in [0.25, 0.3) is 0 Å². The van der Waals surface area contributed by atoms with Gasteiger partial charge in [0, 0.05) is 71.5 Å². The van der Waals surface area contributed by atoms with Gasteiger partial charge in [0.1, 0.15) is 29.9 Å². The van der Waals surface area contributed by atoms with Gasteiger partial charge < -0.3 is 63.0 Å². The van der Waals surface area contributed by atoms with Crippen molar-refractivity contribution in [3.8, 4) is 67.3 Å². The number of nitrogens with one attached hydrogen (secondary N) is 5.